The Morgan fingerprint density at radius 2 is 1.93 bits per heavy atom. The summed E-state index contributed by atoms with van der Waals surface area (Å²) >= 11 is 0. The van der Waals surface area contributed by atoms with Crippen LogP contribution in [0.1, 0.15) is 37.8 Å². The van der Waals surface area contributed by atoms with E-state index in [4.69, 9.17) is 0 Å². The third kappa shape index (κ3) is 4.51. The van der Waals surface area contributed by atoms with Crippen LogP contribution in [0.25, 0.3) is 10.9 Å². The zero-order valence-corrected chi connectivity index (χ0v) is 17.2. The van der Waals surface area contributed by atoms with Crippen molar-refractivity contribution < 1.29 is 13.9 Å². The Morgan fingerprint density at radius 3 is 2.67 bits per heavy atom. The van der Waals surface area contributed by atoms with Gasteiger partial charge >= 0.3 is 0 Å². The second-order valence-corrected chi connectivity index (χ2v) is 8.39. The fourth-order valence-corrected chi connectivity index (χ4v) is 3.78. The smallest absolute Gasteiger partial charge is 0.270 e. The van der Waals surface area contributed by atoms with Crippen LogP contribution in [0.15, 0.2) is 48.7 Å². The van der Waals surface area contributed by atoms with Gasteiger partial charge in [0.1, 0.15) is 0 Å². The molecule has 1 aliphatic heterocycles. The van der Waals surface area contributed by atoms with Crippen LogP contribution in [-0.2, 0) is 12.5 Å². The second-order valence-electron chi connectivity index (χ2n) is 8.39. The zero-order valence-electron chi connectivity index (χ0n) is 17.2. The van der Waals surface area contributed by atoms with E-state index in [0.717, 1.165) is 60.7 Å². The predicted molar refractivity (Wildman–Crippen MR) is 115 cm³/mol. The van der Waals surface area contributed by atoms with Gasteiger partial charge < -0.3 is 15.3 Å². The van der Waals surface area contributed by atoms with Crippen molar-refractivity contribution >= 4 is 22.3 Å². The summed E-state index contributed by atoms with van der Waals surface area (Å²) in [6, 6.07) is 12.5. The molecule has 2 heterocycles. The van der Waals surface area contributed by atoms with Gasteiger partial charge in [0.05, 0.1) is 23.0 Å². The number of aromatic nitrogens is 2. The van der Waals surface area contributed by atoms with E-state index in [0.29, 0.717) is 6.54 Å². The number of nitrogens with one attached hydrogen (secondary N) is 1. The molecule has 4 rings (SSSR count). The molecular weight excluding hydrogens is 386 g/mol. The Balaban J connectivity index is 1.56. The van der Waals surface area contributed by atoms with E-state index in [9.17, 15) is 13.9 Å². The second kappa shape index (κ2) is 7.80. The first-order chi connectivity index (χ1) is 14.2. The minimum absolute atomic E-state index is 0.00257. The highest BCUT2D eigenvalue weighted by atomic mass is 19.3. The molecule has 1 aromatic heterocycles. The molecule has 0 saturated carbocycles. The normalized spacial score (nSPS) is 16.6. The monoisotopic (exact) mass is 412 g/mol. The number of nitrogens with zero attached hydrogens (tertiary/aromatic N) is 3. The SMILES string of the molecule is CC1(O)CCN(c2ccc3nncc(NCc4cccc(C(C)(F)F)c4)c3c2)CC1. The van der Waals surface area contributed by atoms with Crippen molar-refractivity contribution in [2.75, 3.05) is 23.3 Å². The number of anilines is 2. The molecule has 0 aliphatic carbocycles. The molecule has 1 fully saturated rings. The fourth-order valence-electron chi connectivity index (χ4n) is 3.78. The van der Waals surface area contributed by atoms with Crippen LogP contribution < -0.4 is 10.2 Å². The summed E-state index contributed by atoms with van der Waals surface area (Å²) < 4.78 is 27.2. The summed E-state index contributed by atoms with van der Waals surface area (Å²) in [5, 5.41) is 22.7. The summed E-state index contributed by atoms with van der Waals surface area (Å²) in [6.45, 7) is 4.77. The summed E-state index contributed by atoms with van der Waals surface area (Å²) in [6.07, 6.45) is 3.11. The highest BCUT2D eigenvalue weighted by Crippen LogP contribution is 2.31. The Morgan fingerprint density at radius 1 is 1.17 bits per heavy atom. The van der Waals surface area contributed by atoms with Crippen LogP contribution in [0, 0.1) is 0 Å². The molecule has 2 aromatic carbocycles. The maximum absolute atomic E-state index is 13.6. The molecule has 0 unspecified atom stereocenters. The van der Waals surface area contributed by atoms with Crippen molar-refractivity contribution in [3.8, 4) is 0 Å². The highest BCUT2D eigenvalue weighted by Gasteiger charge is 2.27. The van der Waals surface area contributed by atoms with E-state index in [1.165, 1.54) is 12.1 Å². The molecule has 0 spiro atoms. The van der Waals surface area contributed by atoms with Gasteiger partial charge in [0.15, 0.2) is 0 Å². The average molecular weight is 412 g/mol. The summed E-state index contributed by atoms with van der Waals surface area (Å²) in [5.41, 5.74) is 2.81. The van der Waals surface area contributed by atoms with Gasteiger partial charge in [-0.15, -0.1) is 0 Å². The summed E-state index contributed by atoms with van der Waals surface area (Å²) in [7, 11) is 0. The van der Waals surface area contributed by atoms with Gasteiger partial charge in [0.2, 0.25) is 0 Å². The number of rotatable bonds is 5. The lowest BCUT2D eigenvalue weighted by Crippen LogP contribution is -2.42. The highest BCUT2D eigenvalue weighted by molar-refractivity contribution is 5.92. The van der Waals surface area contributed by atoms with Gasteiger partial charge in [-0.25, -0.2) is 8.78 Å². The van der Waals surface area contributed by atoms with Gasteiger partial charge in [-0.05, 0) is 49.6 Å². The molecule has 0 atom stereocenters. The Kier molecular flexibility index (Phi) is 5.32. The van der Waals surface area contributed by atoms with Crippen LogP contribution in [-0.4, -0.2) is 34.0 Å². The van der Waals surface area contributed by atoms with Gasteiger partial charge in [-0.1, -0.05) is 18.2 Å². The Hall–Kier alpha value is -2.80. The molecule has 3 aromatic rings. The molecule has 158 valence electrons. The van der Waals surface area contributed by atoms with Crippen molar-refractivity contribution in [1.29, 1.82) is 0 Å². The molecule has 30 heavy (non-hydrogen) atoms. The maximum Gasteiger partial charge on any atom is 0.270 e. The quantitative estimate of drug-likeness (QED) is 0.636. The minimum Gasteiger partial charge on any atom is -0.390 e. The van der Waals surface area contributed by atoms with Crippen molar-refractivity contribution in [3.63, 3.8) is 0 Å². The number of halogens is 2. The van der Waals surface area contributed by atoms with Crippen LogP contribution in [0.5, 0.6) is 0 Å². The van der Waals surface area contributed by atoms with E-state index in [1.54, 1.807) is 12.3 Å². The van der Waals surface area contributed by atoms with E-state index in [-0.39, 0.29) is 5.56 Å². The molecule has 1 saturated heterocycles. The van der Waals surface area contributed by atoms with Gasteiger partial charge in [-0.3, -0.25) is 0 Å². The van der Waals surface area contributed by atoms with E-state index < -0.39 is 11.5 Å². The molecule has 1 aliphatic rings. The fraction of sp³-hybridized carbons (Fsp3) is 0.391. The lowest BCUT2D eigenvalue weighted by molar-refractivity contribution is 0.0174. The number of aliphatic hydroxyl groups is 1. The standard InChI is InChI=1S/C23H26F2N4O/c1-22(30)8-10-29(11-9-22)18-6-7-20-19(13-18)21(15-27-28-20)26-14-16-4-3-5-17(12-16)23(2,24)25/h3-7,12-13,15,30H,8-11,14H2,1-2H3,(H,26,28). The maximum atomic E-state index is 13.6. The molecule has 0 bridgehead atoms. The molecule has 0 amide bonds. The number of hydrogen-bond donors (Lipinski definition) is 2. The molecule has 0 radical (unpaired) electrons. The van der Waals surface area contributed by atoms with Crippen molar-refractivity contribution in [2.24, 2.45) is 0 Å². The third-order valence-electron chi connectivity index (χ3n) is 5.75. The summed E-state index contributed by atoms with van der Waals surface area (Å²) in [4.78, 5) is 2.26. The van der Waals surface area contributed by atoms with Crippen LogP contribution in [0.2, 0.25) is 0 Å². The van der Waals surface area contributed by atoms with Crippen molar-refractivity contribution in [1.82, 2.24) is 10.2 Å². The predicted octanol–water partition coefficient (Wildman–Crippen LogP) is 4.70. The number of piperidine rings is 1. The molecular formula is C23H26F2N4O. The van der Waals surface area contributed by atoms with Crippen LogP contribution >= 0.6 is 0 Å². The molecule has 2 N–H and O–H groups in total. The van der Waals surface area contributed by atoms with Crippen molar-refractivity contribution in [2.45, 2.75) is 44.8 Å². The van der Waals surface area contributed by atoms with Gasteiger partial charge in [0.25, 0.3) is 5.92 Å². The van der Waals surface area contributed by atoms with E-state index >= 15 is 0 Å². The average Bonchev–Trinajstić information content (AvgIpc) is 2.71. The first-order valence-corrected chi connectivity index (χ1v) is 10.2. The lowest BCUT2D eigenvalue weighted by Gasteiger charge is -2.37. The first-order valence-electron chi connectivity index (χ1n) is 10.2. The zero-order chi connectivity index (χ0) is 21.4. The van der Waals surface area contributed by atoms with Gasteiger partial charge in [-0.2, -0.15) is 10.2 Å². The minimum atomic E-state index is -2.87. The Bertz CT molecular complexity index is 1040. The number of alkyl halides is 2. The number of benzene rings is 2. The number of hydrogen-bond acceptors (Lipinski definition) is 5. The first kappa shape index (κ1) is 20.5. The van der Waals surface area contributed by atoms with Gasteiger partial charge in [0, 0.05) is 43.2 Å². The molecule has 5 nitrogen and oxygen atoms in total. The lowest BCUT2D eigenvalue weighted by atomic mass is 9.93. The summed E-state index contributed by atoms with van der Waals surface area (Å²) in [5.74, 6) is -2.87. The largest absolute Gasteiger partial charge is 0.390 e. The topological polar surface area (TPSA) is 61.3 Å². The molecule has 7 heteroatoms. The van der Waals surface area contributed by atoms with Crippen LogP contribution in [0.4, 0.5) is 20.2 Å². The number of fused-ring (bicyclic) bond motifs is 1. The van der Waals surface area contributed by atoms with E-state index in [2.05, 4.69) is 26.5 Å². The van der Waals surface area contributed by atoms with Crippen LogP contribution in [0.3, 0.4) is 0 Å². The Labute approximate surface area is 174 Å². The van der Waals surface area contributed by atoms with Crippen molar-refractivity contribution in [3.05, 3.63) is 59.8 Å². The third-order valence-corrected chi connectivity index (χ3v) is 5.75. The van der Waals surface area contributed by atoms with E-state index in [1.807, 2.05) is 25.1 Å².